The summed E-state index contributed by atoms with van der Waals surface area (Å²) in [5.41, 5.74) is 1.78. The first-order valence-corrected chi connectivity index (χ1v) is 8.37. The van der Waals surface area contributed by atoms with Gasteiger partial charge >= 0.3 is 0 Å². The van der Waals surface area contributed by atoms with Gasteiger partial charge in [0.2, 0.25) is 0 Å². The Labute approximate surface area is 137 Å². The Balaban J connectivity index is 2.16. The fourth-order valence-electron chi connectivity index (χ4n) is 2.95. The summed E-state index contributed by atoms with van der Waals surface area (Å²) in [5, 5.41) is 39.4. The van der Waals surface area contributed by atoms with Crippen molar-refractivity contribution in [3.8, 4) is 0 Å². The van der Waals surface area contributed by atoms with Crippen LogP contribution in [0.1, 0.15) is 43.7 Å². The molecule has 1 aromatic carbocycles. The molecule has 129 valence electrons. The second-order valence-electron chi connectivity index (χ2n) is 6.10. The van der Waals surface area contributed by atoms with Crippen LogP contribution in [0.5, 0.6) is 0 Å². The number of benzene rings is 1. The van der Waals surface area contributed by atoms with E-state index in [0.29, 0.717) is 0 Å². The summed E-state index contributed by atoms with van der Waals surface area (Å²) in [4.78, 5) is 0. The third kappa shape index (κ3) is 4.31. The van der Waals surface area contributed by atoms with Crippen LogP contribution < -0.4 is 0 Å². The van der Waals surface area contributed by atoms with Gasteiger partial charge in [-0.3, -0.25) is 0 Å². The van der Waals surface area contributed by atoms with Gasteiger partial charge in [-0.1, -0.05) is 50.5 Å². The average Bonchev–Trinajstić information content (AvgIpc) is 2.58. The number of rotatable bonds is 7. The first kappa shape index (κ1) is 18.4. The number of hydrogen-bond acceptors (Lipinski definition) is 5. The van der Waals surface area contributed by atoms with Crippen molar-refractivity contribution in [3.63, 3.8) is 0 Å². The van der Waals surface area contributed by atoms with E-state index in [1.54, 1.807) is 0 Å². The molecule has 1 heterocycles. The van der Waals surface area contributed by atoms with Gasteiger partial charge in [-0.2, -0.15) is 0 Å². The Morgan fingerprint density at radius 2 is 1.74 bits per heavy atom. The molecule has 4 atom stereocenters. The largest absolute Gasteiger partial charge is 0.394 e. The number of aliphatic hydroxyl groups excluding tert-OH is 4. The Morgan fingerprint density at radius 1 is 1.00 bits per heavy atom. The predicted octanol–water partition coefficient (Wildman–Crippen LogP) is 1.16. The molecule has 4 N–H and O–H groups in total. The normalized spacial score (nSPS) is 28.9. The maximum Gasteiger partial charge on any atom is 0.158 e. The lowest BCUT2D eigenvalue weighted by Gasteiger charge is -2.40. The molecule has 1 aliphatic rings. The van der Waals surface area contributed by atoms with Crippen LogP contribution in [0.4, 0.5) is 0 Å². The molecular weight excluding hydrogens is 296 g/mol. The van der Waals surface area contributed by atoms with E-state index in [1.807, 2.05) is 24.3 Å². The molecule has 23 heavy (non-hydrogen) atoms. The highest BCUT2D eigenvalue weighted by atomic mass is 16.5. The average molecular weight is 323 g/mol. The fraction of sp³-hybridized carbons (Fsp3) is 0.611. The molecule has 5 heteroatoms. The molecule has 0 bridgehead atoms. The topological polar surface area (TPSA) is 90.2 Å². The number of aliphatic hydroxyl groups is 4. The lowest BCUT2D eigenvalue weighted by atomic mass is 9.88. The van der Waals surface area contributed by atoms with Crippen molar-refractivity contribution in [1.29, 1.82) is 0 Å². The van der Waals surface area contributed by atoms with Gasteiger partial charge in [0.05, 0.1) is 6.61 Å². The fourth-order valence-corrected chi connectivity index (χ4v) is 2.95. The standard InChI is InChI=1S/C18H27O5/c1-2-3-4-5-8-12-9-6-7-10-13(12)18-17(22)16(21)15(20)14(11-19)23-18/h6-7,9-10,14-17,19-22H,2-5,8,11H2,1H3/t14-,15+,16+,17-/m1/s1. The molecular formula is C18H27O5. The Kier molecular flexibility index (Phi) is 6.99. The second kappa shape index (κ2) is 8.76. The number of unbranched alkanes of at least 4 members (excludes halogenated alkanes) is 3. The zero-order valence-corrected chi connectivity index (χ0v) is 13.6. The van der Waals surface area contributed by atoms with E-state index < -0.39 is 31.0 Å². The van der Waals surface area contributed by atoms with Crippen molar-refractivity contribution in [2.24, 2.45) is 0 Å². The summed E-state index contributed by atoms with van der Waals surface area (Å²) in [6.45, 7) is 1.74. The van der Waals surface area contributed by atoms with Crippen LogP contribution in [0.2, 0.25) is 0 Å². The molecule has 0 unspecified atom stereocenters. The summed E-state index contributed by atoms with van der Waals surface area (Å²) in [6, 6.07) is 7.60. The molecule has 2 rings (SSSR count). The van der Waals surface area contributed by atoms with E-state index >= 15 is 0 Å². The maximum absolute atomic E-state index is 10.3. The summed E-state index contributed by atoms with van der Waals surface area (Å²) >= 11 is 0. The van der Waals surface area contributed by atoms with Gasteiger partial charge in [0.1, 0.15) is 24.4 Å². The zero-order chi connectivity index (χ0) is 16.8. The molecule has 1 radical (unpaired) electrons. The summed E-state index contributed by atoms with van der Waals surface area (Å²) in [6.07, 6.45) is 0.720. The number of ether oxygens (including phenoxy) is 1. The third-order valence-corrected chi connectivity index (χ3v) is 4.36. The first-order chi connectivity index (χ1) is 11.1. The highest BCUT2D eigenvalue weighted by Gasteiger charge is 2.45. The summed E-state index contributed by atoms with van der Waals surface area (Å²) in [7, 11) is 0. The van der Waals surface area contributed by atoms with Crippen molar-refractivity contribution in [3.05, 3.63) is 41.5 Å². The second-order valence-corrected chi connectivity index (χ2v) is 6.10. The van der Waals surface area contributed by atoms with Crippen molar-refractivity contribution < 1.29 is 25.2 Å². The number of aryl methyl sites for hydroxylation is 1. The van der Waals surface area contributed by atoms with E-state index in [-0.39, 0.29) is 6.10 Å². The Bertz CT molecular complexity index is 476. The van der Waals surface area contributed by atoms with E-state index in [4.69, 9.17) is 4.74 Å². The zero-order valence-electron chi connectivity index (χ0n) is 13.6. The third-order valence-electron chi connectivity index (χ3n) is 4.36. The highest BCUT2D eigenvalue weighted by Crippen LogP contribution is 2.33. The highest BCUT2D eigenvalue weighted by molar-refractivity contribution is 5.39. The molecule has 5 nitrogen and oxygen atoms in total. The van der Waals surface area contributed by atoms with Crippen molar-refractivity contribution in [2.75, 3.05) is 6.61 Å². The number of hydrogen-bond donors (Lipinski definition) is 4. The minimum Gasteiger partial charge on any atom is -0.394 e. The van der Waals surface area contributed by atoms with E-state index in [0.717, 1.165) is 30.4 Å². The summed E-state index contributed by atoms with van der Waals surface area (Å²) < 4.78 is 5.59. The molecule has 1 aliphatic heterocycles. The monoisotopic (exact) mass is 323 g/mol. The Hall–Kier alpha value is -0.980. The van der Waals surface area contributed by atoms with E-state index in [2.05, 4.69) is 6.92 Å². The van der Waals surface area contributed by atoms with Crippen LogP contribution in [0.25, 0.3) is 0 Å². The van der Waals surface area contributed by atoms with E-state index in [9.17, 15) is 20.4 Å². The minimum absolute atomic E-state index is 0.230. The predicted molar refractivity (Wildman–Crippen MR) is 86.6 cm³/mol. The van der Waals surface area contributed by atoms with Crippen LogP contribution in [-0.4, -0.2) is 51.4 Å². The van der Waals surface area contributed by atoms with Crippen molar-refractivity contribution >= 4 is 0 Å². The van der Waals surface area contributed by atoms with Gasteiger partial charge in [-0.15, -0.1) is 0 Å². The van der Waals surface area contributed by atoms with Crippen molar-refractivity contribution in [1.82, 2.24) is 0 Å². The molecule has 0 spiro atoms. The minimum atomic E-state index is -1.37. The quantitative estimate of drug-likeness (QED) is 0.566. The first-order valence-electron chi connectivity index (χ1n) is 8.37. The molecule has 1 aromatic rings. The van der Waals surface area contributed by atoms with Gasteiger partial charge in [0, 0.05) is 0 Å². The van der Waals surface area contributed by atoms with Crippen LogP contribution in [0, 0.1) is 6.10 Å². The van der Waals surface area contributed by atoms with Crippen LogP contribution >= 0.6 is 0 Å². The van der Waals surface area contributed by atoms with Gasteiger partial charge in [-0.05, 0) is 24.0 Å². The van der Waals surface area contributed by atoms with E-state index in [1.165, 1.54) is 12.8 Å². The Morgan fingerprint density at radius 3 is 2.43 bits per heavy atom. The molecule has 1 saturated heterocycles. The van der Waals surface area contributed by atoms with Gasteiger partial charge in [-0.25, -0.2) is 0 Å². The SMILES string of the molecule is CCCCCCc1ccccc1[C]1O[C@H](CO)[C@H](O)[C@H](O)[C@H]1O. The van der Waals surface area contributed by atoms with Gasteiger partial charge in [0.15, 0.2) is 6.10 Å². The van der Waals surface area contributed by atoms with Crippen LogP contribution in [-0.2, 0) is 11.2 Å². The van der Waals surface area contributed by atoms with Crippen LogP contribution in [0.15, 0.2) is 24.3 Å². The van der Waals surface area contributed by atoms with Crippen LogP contribution in [0.3, 0.4) is 0 Å². The van der Waals surface area contributed by atoms with Crippen molar-refractivity contribution in [2.45, 2.75) is 63.4 Å². The molecule has 0 amide bonds. The molecule has 0 aliphatic carbocycles. The molecule has 1 fully saturated rings. The molecule has 0 saturated carbocycles. The molecule has 0 aromatic heterocycles. The lowest BCUT2D eigenvalue weighted by molar-refractivity contribution is -0.184. The smallest absolute Gasteiger partial charge is 0.158 e. The van der Waals surface area contributed by atoms with Gasteiger partial charge < -0.3 is 25.2 Å². The maximum atomic E-state index is 10.3. The van der Waals surface area contributed by atoms with Gasteiger partial charge in [0.25, 0.3) is 0 Å². The lowest BCUT2D eigenvalue weighted by Crippen LogP contribution is -2.55. The summed E-state index contributed by atoms with van der Waals surface area (Å²) in [5.74, 6) is 0.